The van der Waals surface area contributed by atoms with Crippen LogP contribution in [0.25, 0.3) is 10.8 Å². The molecule has 3 aromatic rings. The van der Waals surface area contributed by atoms with Gasteiger partial charge in [-0.2, -0.15) is 13.5 Å². The monoisotopic (exact) mass is 369 g/mol. The van der Waals surface area contributed by atoms with Gasteiger partial charge in [-0.3, -0.25) is 4.79 Å². The topological polar surface area (TPSA) is 83.9 Å². The number of hydroxylamine groups is 2. The first kappa shape index (κ1) is 16.7. The second-order valence-corrected chi connectivity index (χ2v) is 7.63. The summed E-state index contributed by atoms with van der Waals surface area (Å²) in [4.78, 5) is 12.7. The lowest BCUT2D eigenvalue weighted by Crippen LogP contribution is -2.39. The number of nitrogens with zero attached hydrogens (tertiary/aromatic N) is 1. The van der Waals surface area contributed by atoms with Gasteiger partial charge in [0.2, 0.25) is 0 Å². The Morgan fingerprint density at radius 1 is 1.00 bits per heavy atom. The summed E-state index contributed by atoms with van der Waals surface area (Å²) in [5, 5.41) is 12.5. The standard InChI is InChI=1S/C19H15NO5S/c1-12-8-10-14(11-9-12)26(23,24)25-20-18(21)15-6-2-4-13-5-3-7-16(17(13)15)19(20)22/h2-11,18,21H,1H3. The number of carbonyl (C=O) groups excluding carboxylic acids is 1. The van der Waals surface area contributed by atoms with E-state index in [2.05, 4.69) is 0 Å². The normalized spacial score (nSPS) is 16.9. The molecule has 4 rings (SSSR count). The predicted molar refractivity (Wildman–Crippen MR) is 94.5 cm³/mol. The Bertz CT molecular complexity index is 1120. The third-order valence-electron chi connectivity index (χ3n) is 4.36. The first-order chi connectivity index (χ1) is 12.4. The minimum atomic E-state index is -4.27. The molecular formula is C19H15NO5S. The van der Waals surface area contributed by atoms with E-state index in [1.165, 1.54) is 12.1 Å². The molecule has 26 heavy (non-hydrogen) atoms. The molecule has 1 aliphatic heterocycles. The summed E-state index contributed by atoms with van der Waals surface area (Å²) >= 11 is 0. The fraction of sp³-hybridized carbons (Fsp3) is 0.105. The van der Waals surface area contributed by atoms with E-state index in [1.54, 1.807) is 36.4 Å². The maximum Gasteiger partial charge on any atom is 0.317 e. The number of carbonyl (C=O) groups is 1. The minimum absolute atomic E-state index is 0.0971. The van der Waals surface area contributed by atoms with Gasteiger partial charge >= 0.3 is 10.1 Å². The summed E-state index contributed by atoms with van der Waals surface area (Å²) < 4.78 is 30.1. The molecule has 0 aliphatic carbocycles. The van der Waals surface area contributed by atoms with Gasteiger partial charge in [0, 0.05) is 10.9 Å². The smallest absolute Gasteiger partial charge is 0.317 e. The highest BCUT2D eigenvalue weighted by Gasteiger charge is 2.37. The molecule has 0 saturated heterocycles. The predicted octanol–water partition coefficient (Wildman–Crippen LogP) is 2.92. The van der Waals surface area contributed by atoms with E-state index in [0.717, 1.165) is 10.9 Å². The molecule has 0 radical (unpaired) electrons. The lowest BCUT2D eigenvalue weighted by atomic mass is 9.94. The quantitative estimate of drug-likeness (QED) is 0.767. The molecule has 7 heteroatoms. The van der Waals surface area contributed by atoms with Crippen LogP contribution in [0.3, 0.4) is 0 Å². The van der Waals surface area contributed by atoms with E-state index in [1.807, 2.05) is 19.1 Å². The summed E-state index contributed by atoms with van der Waals surface area (Å²) in [7, 11) is -4.27. The molecule has 0 spiro atoms. The maximum atomic E-state index is 12.8. The van der Waals surface area contributed by atoms with Gasteiger partial charge in [0.1, 0.15) is 0 Å². The average Bonchev–Trinajstić information content (AvgIpc) is 2.63. The van der Waals surface area contributed by atoms with Crippen molar-refractivity contribution < 1.29 is 22.6 Å². The highest BCUT2D eigenvalue weighted by molar-refractivity contribution is 7.86. The molecular weight excluding hydrogens is 354 g/mol. The van der Waals surface area contributed by atoms with Gasteiger partial charge in [0.15, 0.2) is 6.23 Å². The molecule has 0 aromatic heterocycles. The Hall–Kier alpha value is -2.74. The van der Waals surface area contributed by atoms with Gasteiger partial charge in [0.05, 0.1) is 10.5 Å². The van der Waals surface area contributed by atoms with Crippen LogP contribution in [0.4, 0.5) is 0 Å². The zero-order valence-electron chi connectivity index (χ0n) is 13.8. The third-order valence-corrected chi connectivity index (χ3v) is 5.56. The molecule has 0 bridgehead atoms. The molecule has 1 unspecified atom stereocenters. The van der Waals surface area contributed by atoms with Crippen molar-refractivity contribution in [2.75, 3.05) is 0 Å². The van der Waals surface area contributed by atoms with E-state index in [4.69, 9.17) is 4.28 Å². The highest BCUT2D eigenvalue weighted by Crippen LogP contribution is 2.36. The van der Waals surface area contributed by atoms with E-state index in [-0.39, 0.29) is 10.5 Å². The zero-order valence-corrected chi connectivity index (χ0v) is 14.6. The highest BCUT2D eigenvalue weighted by atomic mass is 32.2. The Labute approximate surface area is 150 Å². The van der Waals surface area contributed by atoms with Crippen LogP contribution >= 0.6 is 0 Å². The first-order valence-electron chi connectivity index (χ1n) is 7.93. The van der Waals surface area contributed by atoms with Gasteiger partial charge in [0.25, 0.3) is 5.91 Å². The number of hydrogen-bond donors (Lipinski definition) is 1. The molecule has 1 heterocycles. The van der Waals surface area contributed by atoms with Crippen molar-refractivity contribution in [3.05, 3.63) is 77.4 Å². The van der Waals surface area contributed by atoms with Gasteiger partial charge in [-0.15, -0.1) is 4.28 Å². The van der Waals surface area contributed by atoms with E-state index < -0.39 is 22.3 Å². The molecule has 1 aliphatic rings. The number of aryl methyl sites for hydroxylation is 1. The van der Waals surface area contributed by atoms with E-state index in [9.17, 15) is 18.3 Å². The van der Waals surface area contributed by atoms with Gasteiger partial charge in [-0.25, -0.2) is 0 Å². The molecule has 1 N–H and O–H groups in total. The number of rotatable bonds is 3. The molecule has 1 atom stereocenters. The Kier molecular flexibility index (Phi) is 3.80. The van der Waals surface area contributed by atoms with Gasteiger partial charge in [-0.1, -0.05) is 48.0 Å². The molecule has 0 saturated carbocycles. The van der Waals surface area contributed by atoms with E-state index in [0.29, 0.717) is 16.0 Å². The number of aliphatic hydroxyl groups excluding tert-OH is 1. The second-order valence-electron chi connectivity index (χ2n) is 6.10. The van der Waals surface area contributed by atoms with Crippen LogP contribution in [0, 0.1) is 6.92 Å². The van der Waals surface area contributed by atoms with Crippen molar-refractivity contribution in [3.8, 4) is 0 Å². The summed E-state index contributed by atoms with van der Waals surface area (Å²) in [5.41, 5.74) is 1.58. The largest absolute Gasteiger partial charge is 0.367 e. The second kappa shape index (κ2) is 5.91. The number of aliphatic hydroxyl groups is 1. The lowest BCUT2D eigenvalue weighted by molar-refractivity contribution is -0.135. The molecule has 6 nitrogen and oxygen atoms in total. The summed E-state index contributed by atoms with van der Waals surface area (Å²) in [5.74, 6) is -0.711. The summed E-state index contributed by atoms with van der Waals surface area (Å²) in [6, 6.07) is 16.3. The molecule has 3 aromatic carbocycles. The minimum Gasteiger partial charge on any atom is -0.367 e. The van der Waals surface area contributed by atoms with Crippen molar-refractivity contribution in [1.29, 1.82) is 0 Å². The lowest BCUT2D eigenvalue weighted by Gasteiger charge is -2.31. The summed E-state index contributed by atoms with van der Waals surface area (Å²) in [6.45, 7) is 1.83. The fourth-order valence-corrected chi connectivity index (χ4v) is 3.96. The maximum absolute atomic E-state index is 12.8. The van der Waals surface area contributed by atoms with Crippen LogP contribution < -0.4 is 0 Å². The first-order valence-corrected chi connectivity index (χ1v) is 9.34. The van der Waals surface area contributed by atoms with Crippen LogP contribution in [0.15, 0.2) is 65.6 Å². The Balaban J connectivity index is 1.77. The van der Waals surface area contributed by atoms with Gasteiger partial charge in [-0.05, 0) is 30.5 Å². The number of hydrogen-bond acceptors (Lipinski definition) is 5. The van der Waals surface area contributed by atoms with Crippen molar-refractivity contribution in [2.45, 2.75) is 18.0 Å². The van der Waals surface area contributed by atoms with Crippen LogP contribution in [0.2, 0.25) is 0 Å². The van der Waals surface area contributed by atoms with E-state index >= 15 is 0 Å². The molecule has 0 fully saturated rings. The average molecular weight is 369 g/mol. The van der Waals surface area contributed by atoms with Crippen LogP contribution in [-0.4, -0.2) is 24.5 Å². The van der Waals surface area contributed by atoms with Crippen molar-refractivity contribution in [3.63, 3.8) is 0 Å². The Morgan fingerprint density at radius 3 is 2.35 bits per heavy atom. The van der Waals surface area contributed by atoms with Crippen LogP contribution in [0.5, 0.6) is 0 Å². The van der Waals surface area contributed by atoms with Crippen molar-refractivity contribution in [1.82, 2.24) is 5.06 Å². The van der Waals surface area contributed by atoms with Crippen molar-refractivity contribution >= 4 is 26.8 Å². The fourth-order valence-electron chi connectivity index (χ4n) is 3.05. The number of benzene rings is 3. The van der Waals surface area contributed by atoms with Crippen LogP contribution in [0.1, 0.15) is 27.7 Å². The summed E-state index contributed by atoms with van der Waals surface area (Å²) in [6.07, 6.45) is -1.53. The SMILES string of the molecule is Cc1ccc(S(=O)(=O)ON2C(=O)c3cccc4cccc(c34)C2O)cc1. The Morgan fingerprint density at radius 2 is 1.65 bits per heavy atom. The molecule has 1 amide bonds. The zero-order chi connectivity index (χ0) is 18.5. The third kappa shape index (κ3) is 2.57. The van der Waals surface area contributed by atoms with Crippen LogP contribution in [-0.2, 0) is 14.4 Å². The van der Waals surface area contributed by atoms with Crippen molar-refractivity contribution in [2.24, 2.45) is 0 Å². The number of amides is 1. The molecule has 132 valence electrons. The van der Waals surface area contributed by atoms with Gasteiger partial charge < -0.3 is 5.11 Å².